The summed E-state index contributed by atoms with van der Waals surface area (Å²) in [6.07, 6.45) is 2.45. The van der Waals surface area contributed by atoms with Crippen LogP contribution in [-0.4, -0.2) is 63.2 Å². The molecular formula is C19H32IN5. The molecule has 2 atom stereocenters. The Bertz CT molecular complexity index is 536. The van der Waals surface area contributed by atoms with E-state index in [1.807, 2.05) is 7.05 Å². The molecule has 25 heavy (non-hydrogen) atoms. The van der Waals surface area contributed by atoms with E-state index in [4.69, 9.17) is 0 Å². The first-order valence-electron chi connectivity index (χ1n) is 9.28. The van der Waals surface area contributed by atoms with Crippen LogP contribution >= 0.6 is 24.0 Å². The Balaban J connectivity index is 0.00000225. The molecule has 5 nitrogen and oxygen atoms in total. The Morgan fingerprint density at radius 2 is 1.96 bits per heavy atom. The average Bonchev–Trinajstić information content (AvgIpc) is 3.28. The fraction of sp³-hybridized carbons (Fsp3) is 0.632. The van der Waals surface area contributed by atoms with Gasteiger partial charge in [-0.3, -0.25) is 4.99 Å². The number of nitrogens with zero attached hydrogens (tertiary/aromatic N) is 3. The molecule has 2 aliphatic rings. The van der Waals surface area contributed by atoms with Crippen molar-refractivity contribution >= 4 is 35.6 Å². The summed E-state index contributed by atoms with van der Waals surface area (Å²) in [7, 11) is 1.87. The van der Waals surface area contributed by atoms with Crippen molar-refractivity contribution in [2.75, 3.05) is 51.2 Å². The fourth-order valence-electron chi connectivity index (χ4n) is 3.75. The van der Waals surface area contributed by atoms with E-state index in [1.54, 1.807) is 0 Å². The van der Waals surface area contributed by atoms with Crippen LogP contribution in [0.3, 0.4) is 0 Å². The number of halogens is 1. The third-order valence-electron chi connectivity index (χ3n) is 5.25. The Morgan fingerprint density at radius 3 is 2.64 bits per heavy atom. The second kappa shape index (κ2) is 10.2. The van der Waals surface area contributed by atoms with E-state index in [9.17, 15) is 0 Å². The molecule has 2 aliphatic heterocycles. The molecule has 6 heteroatoms. The van der Waals surface area contributed by atoms with Gasteiger partial charge in [-0.1, -0.05) is 25.1 Å². The first-order chi connectivity index (χ1) is 11.8. The van der Waals surface area contributed by atoms with Crippen molar-refractivity contribution in [3.63, 3.8) is 0 Å². The van der Waals surface area contributed by atoms with E-state index in [-0.39, 0.29) is 24.0 Å². The molecule has 0 amide bonds. The lowest BCUT2D eigenvalue weighted by atomic mass is 10.1. The zero-order valence-corrected chi connectivity index (χ0v) is 17.8. The lowest BCUT2D eigenvalue weighted by molar-refractivity contribution is 0.341. The molecular weight excluding hydrogens is 425 g/mol. The predicted octanol–water partition coefficient (Wildman–Crippen LogP) is 2.39. The van der Waals surface area contributed by atoms with Gasteiger partial charge >= 0.3 is 0 Å². The molecule has 2 unspecified atom stereocenters. The van der Waals surface area contributed by atoms with Crippen LogP contribution in [0.15, 0.2) is 35.3 Å². The highest BCUT2D eigenvalue weighted by molar-refractivity contribution is 14.0. The van der Waals surface area contributed by atoms with Gasteiger partial charge in [0.15, 0.2) is 5.96 Å². The number of anilines is 1. The number of benzene rings is 1. The number of hydrogen-bond donors (Lipinski definition) is 2. The van der Waals surface area contributed by atoms with E-state index in [0.29, 0.717) is 6.04 Å². The maximum Gasteiger partial charge on any atom is 0.191 e. The largest absolute Gasteiger partial charge is 0.369 e. The van der Waals surface area contributed by atoms with Gasteiger partial charge in [-0.05, 0) is 44.0 Å². The zero-order valence-electron chi connectivity index (χ0n) is 15.4. The van der Waals surface area contributed by atoms with Crippen molar-refractivity contribution in [1.82, 2.24) is 15.5 Å². The molecule has 2 fully saturated rings. The van der Waals surface area contributed by atoms with Gasteiger partial charge in [-0.2, -0.15) is 0 Å². The maximum absolute atomic E-state index is 4.41. The summed E-state index contributed by atoms with van der Waals surface area (Å²) < 4.78 is 0. The molecule has 3 rings (SSSR count). The minimum Gasteiger partial charge on any atom is -0.369 e. The van der Waals surface area contributed by atoms with E-state index in [0.717, 1.165) is 37.9 Å². The number of nitrogens with one attached hydrogen (secondary N) is 2. The summed E-state index contributed by atoms with van der Waals surface area (Å²) in [5.41, 5.74) is 1.32. The lowest BCUT2D eigenvalue weighted by Gasteiger charge is -2.21. The molecule has 0 aromatic heterocycles. The highest BCUT2D eigenvalue weighted by Gasteiger charge is 2.24. The molecule has 2 heterocycles. The third-order valence-corrected chi connectivity index (χ3v) is 5.25. The van der Waals surface area contributed by atoms with Crippen LogP contribution in [0, 0.1) is 5.92 Å². The second-order valence-corrected chi connectivity index (χ2v) is 6.91. The number of guanidine groups is 1. The van der Waals surface area contributed by atoms with Crippen LogP contribution < -0.4 is 15.5 Å². The number of para-hydroxylation sites is 1. The van der Waals surface area contributed by atoms with Crippen LogP contribution in [0.5, 0.6) is 0 Å². The van der Waals surface area contributed by atoms with E-state index in [1.165, 1.54) is 31.7 Å². The van der Waals surface area contributed by atoms with Gasteiger partial charge in [0.05, 0.1) is 0 Å². The predicted molar refractivity (Wildman–Crippen MR) is 117 cm³/mol. The molecule has 0 radical (unpaired) electrons. The molecule has 0 bridgehead atoms. The lowest BCUT2D eigenvalue weighted by Crippen LogP contribution is -2.46. The molecule has 140 valence electrons. The van der Waals surface area contributed by atoms with Crippen molar-refractivity contribution in [2.24, 2.45) is 10.9 Å². The number of rotatable bonds is 5. The highest BCUT2D eigenvalue weighted by atomic mass is 127. The second-order valence-electron chi connectivity index (χ2n) is 6.91. The van der Waals surface area contributed by atoms with Crippen molar-refractivity contribution in [3.05, 3.63) is 30.3 Å². The van der Waals surface area contributed by atoms with Crippen LogP contribution in [0.1, 0.15) is 19.8 Å². The molecule has 0 aliphatic carbocycles. The normalized spacial score (nSPS) is 24.2. The van der Waals surface area contributed by atoms with E-state index in [2.05, 4.69) is 62.7 Å². The average molecular weight is 457 g/mol. The van der Waals surface area contributed by atoms with Crippen LogP contribution in [-0.2, 0) is 0 Å². The molecule has 1 aromatic rings. The van der Waals surface area contributed by atoms with Gasteiger partial charge in [-0.25, -0.2) is 0 Å². The Morgan fingerprint density at radius 1 is 1.16 bits per heavy atom. The first-order valence-corrected chi connectivity index (χ1v) is 9.28. The summed E-state index contributed by atoms with van der Waals surface area (Å²) in [6, 6.07) is 11.1. The Kier molecular flexibility index (Phi) is 8.29. The monoisotopic (exact) mass is 457 g/mol. The quantitative estimate of drug-likeness (QED) is 0.405. The standard InChI is InChI=1S/C19H31N5.HI/c1-3-23-11-9-16(14-23)13-21-19(20-2)22-17-10-12-24(15-17)18-7-5-4-6-8-18;/h4-8,16-17H,3,9-15H2,1-2H3,(H2,20,21,22);1H. The number of aliphatic imine (C=N–C) groups is 1. The van der Waals surface area contributed by atoms with Crippen LogP contribution in [0.25, 0.3) is 0 Å². The minimum absolute atomic E-state index is 0. The first kappa shape index (κ1) is 20.3. The van der Waals surface area contributed by atoms with E-state index < -0.39 is 0 Å². The SMILES string of the molecule is CCN1CCC(CNC(=NC)NC2CCN(c3ccccc3)C2)C1.I. The fourth-order valence-corrected chi connectivity index (χ4v) is 3.75. The number of hydrogen-bond acceptors (Lipinski definition) is 3. The van der Waals surface area contributed by atoms with Crippen molar-refractivity contribution in [3.8, 4) is 0 Å². The van der Waals surface area contributed by atoms with Gasteiger partial charge in [-0.15, -0.1) is 24.0 Å². The maximum atomic E-state index is 4.41. The Labute approximate surface area is 169 Å². The molecule has 2 N–H and O–H groups in total. The van der Waals surface area contributed by atoms with Crippen molar-refractivity contribution in [2.45, 2.75) is 25.8 Å². The summed E-state index contributed by atoms with van der Waals surface area (Å²) in [4.78, 5) is 9.38. The van der Waals surface area contributed by atoms with Crippen molar-refractivity contribution in [1.29, 1.82) is 0 Å². The van der Waals surface area contributed by atoms with Crippen LogP contribution in [0.4, 0.5) is 5.69 Å². The summed E-state index contributed by atoms with van der Waals surface area (Å²) in [5, 5.41) is 7.13. The molecule has 0 saturated carbocycles. The summed E-state index contributed by atoms with van der Waals surface area (Å²) in [5.74, 6) is 1.69. The minimum atomic E-state index is 0. The van der Waals surface area contributed by atoms with Gasteiger partial charge in [0, 0.05) is 45.0 Å². The van der Waals surface area contributed by atoms with Crippen molar-refractivity contribution < 1.29 is 0 Å². The van der Waals surface area contributed by atoms with Gasteiger partial charge in [0.2, 0.25) is 0 Å². The van der Waals surface area contributed by atoms with Crippen LogP contribution in [0.2, 0.25) is 0 Å². The topological polar surface area (TPSA) is 42.9 Å². The molecule has 2 saturated heterocycles. The smallest absolute Gasteiger partial charge is 0.191 e. The van der Waals surface area contributed by atoms with E-state index >= 15 is 0 Å². The van der Waals surface area contributed by atoms with Gasteiger partial charge in [0.25, 0.3) is 0 Å². The van der Waals surface area contributed by atoms with Gasteiger partial charge < -0.3 is 20.4 Å². The summed E-state index contributed by atoms with van der Waals surface area (Å²) in [6.45, 7) is 9.03. The molecule has 0 spiro atoms. The Hall–Kier alpha value is -1.02. The summed E-state index contributed by atoms with van der Waals surface area (Å²) >= 11 is 0. The van der Waals surface area contributed by atoms with Gasteiger partial charge in [0.1, 0.15) is 0 Å². The molecule has 1 aromatic carbocycles. The number of likely N-dealkylation sites (tertiary alicyclic amines) is 1. The highest BCUT2D eigenvalue weighted by Crippen LogP contribution is 2.19. The zero-order chi connectivity index (χ0) is 16.8. The third kappa shape index (κ3) is 5.74.